The van der Waals surface area contributed by atoms with Gasteiger partial charge in [-0.15, -0.1) is 5.10 Å². The Morgan fingerprint density at radius 3 is 3.27 bits per heavy atom. The summed E-state index contributed by atoms with van der Waals surface area (Å²) in [5.74, 6) is 0. The van der Waals surface area contributed by atoms with Gasteiger partial charge in [-0.2, -0.15) is 5.10 Å². The molecule has 0 amide bonds. The van der Waals surface area contributed by atoms with E-state index in [1.807, 2.05) is 19.3 Å². The maximum absolute atomic E-state index is 3.90. The molecule has 4 heteroatoms. The van der Waals surface area contributed by atoms with Crippen molar-refractivity contribution in [2.75, 3.05) is 12.4 Å². The van der Waals surface area contributed by atoms with Gasteiger partial charge < -0.3 is 10.3 Å². The highest BCUT2D eigenvalue weighted by molar-refractivity contribution is 5.88. The average Bonchev–Trinajstić information content (AvgIpc) is 2.50. The van der Waals surface area contributed by atoms with Crippen LogP contribution < -0.4 is 5.32 Å². The Labute approximate surface area is 63.6 Å². The zero-order valence-corrected chi connectivity index (χ0v) is 6.13. The molecule has 0 aliphatic heterocycles. The number of rotatable bonds is 1. The zero-order chi connectivity index (χ0) is 7.68. The van der Waals surface area contributed by atoms with E-state index in [9.17, 15) is 0 Å². The van der Waals surface area contributed by atoms with Crippen LogP contribution in [0.15, 0.2) is 18.5 Å². The van der Waals surface area contributed by atoms with Gasteiger partial charge in [0.15, 0.2) is 5.65 Å². The van der Waals surface area contributed by atoms with E-state index in [-0.39, 0.29) is 0 Å². The Hall–Kier alpha value is -1.58. The molecule has 56 valence electrons. The van der Waals surface area contributed by atoms with E-state index in [0.29, 0.717) is 0 Å². The first-order chi connectivity index (χ1) is 5.42. The summed E-state index contributed by atoms with van der Waals surface area (Å²) >= 11 is 0. The molecule has 11 heavy (non-hydrogen) atoms. The average molecular weight is 148 g/mol. The summed E-state index contributed by atoms with van der Waals surface area (Å²) in [5, 5.41) is 11.8. The lowest BCUT2D eigenvalue weighted by Gasteiger charge is -1.97. The lowest BCUT2D eigenvalue weighted by molar-refractivity contribution is 1.06. The van der Waals surface area contributed by atoms with Crippen molar-refractivity contribution in [1.82, 2.24) is 15.2 Å². The number of fused-ring (bicyclic) bond motifs is 1. The van der Waals surface area contributed by atoms with Gasteiger partial charge in [-0.1, -0.05) is 0 Å². The Balaban J connectivity index is 2.79. The standard InChI is InChI=1S/C7H8N4/c1-8-6-4-10-11-7-5(6)2-3-9-7/h2-4H,1H3,(H2,8,9,11). The van der Waals surface area contributed by atoms with Gasteiger partial charge in [0.25, 0.3) is 0 Å². The number of H-pyrrole nitrogens is 1. The molecule has 0 saturated heterocycles. The summed E-state index contributed by atoms with van der Waals surface area (Å²) in [7, 11) is 1.86. The molecule has 0 bridgehead atoms. The second-order valence-corrected chi connectivity index (χ2v) is 2.25. The highest BCUT2D eigenvalue weighted by Gasteiger charge is 1.99. The lowest BCUT2D eigenvalue weighted by atomic mass is 10.3. The predicted octanol–water partition coefficient (Wildman–Crippen LogP) is 1.000. The van der Waals surface area contributed by atoms with Gasteiger partial charge in [-0.3, -0.25) is 0 Å². The fourth-order valence-corrected chi connectivity index (χ4v) is 1.07. The first kappa shape index (κ1) is 6.15. The van der Waals surface area contributed by atoms with Gasteiger partial charge in [0.1, 0.15) is 0 Å². The number of aromatic amines is 1. The third-order valence-electron chi connectivity index (χ3n) is 1.63. The smallest absolute Gasteiger partial charge is 0.162 e. The number of aromatic nitrogens is 3. The van der Waals surface area contributed by atoms with Gasteiger partial charge in [-0.05, 0) is 6.07 Å². The van der Waals surface area contributed by atoms with Crippen molar-refractivity contribution in [2.24, 2.45) is 0 Å². The van der Waals surface area contributed by atoms with E-state index in [0.717, 1.165) is 16.7 Å². The molecule has 0 atom stereocenters. The van der Waals surface area contributed by atoms with Crippen molar-refractivity contribution in [3.63, 3.8) is 0 Å². The SMILES string of the molecule is CNc1cnnc2[nH]ccc12. The molecule has 2 aromatic heterocycles. The fourth-order valence-electron chi connectivity index (χ4n) is 1.07. The molecule has 0 unspecified atom stereocenters. The topological polar surface area (TPSA) is 53.6 Å². The second kappa shape index (κ2) is 2.23. The molecule has 2 N–H and O–H groups in total. The normalized spacial score (nSPS) is 10.3. The summed E-state index contributed by atoms with van der Waals surface area (Å²) in [6.07, 6.45) is 3.55. The zero-order valence-electron chi connectivity index (χ0n) is 6.13. The minimum Gasteiger partial charge on any atom is -0.386 e. The molecule has 0 aliphatic rings. The Morgan fingerprint density at radius 1 is 1.55 bits per heavy atom. The van der Waals surface area contributed by atoms with Crippen LogP contribution in [0, 0.1) is 0 Å². The molecule has 2 aromatic rings. The van der Waals surface area contributed by atoms with Crippen LogP contribution in [0.4, 0.5) is 5.69 Å². The quantitative estimate of drug-likeness (QED) is 0.634. The highest BCUT2D eigenvalue weighted by atomic mass is 15.1. The third-order valence-corrected chi connectivity index (χ3v) is 1.63. The van der Waals surface area contributed by atoms with Crippen LogP contribution in [0.3, 0.4) is 0 Å². The predicted molar refractivity (Wildman–Crippen MR) is 43.4 cm³/mol. The van der Waals surface area contributed by atoms with Crippen LogP contribution in [0.25, 0.3) is 11.0 Å². The van der Waals surface area contributed by atoms with Crippen LogP contribution in [-0.4, -0.2) is 22.2 Å². The molecule has 0 radical (unpaired) electrons. The minimum absolute atomic E-state index is 0.817. The van der Waals surface area contributed by atoms with Crippen LogP contribution >= 0.6 is 0 Å². The van der Waals surface area contributed by atoms with Crippen molar-refractivity contribution in [2.45, 2.75) is 0 Å². The summed E-state index contributed by atoms with van der Waals surface area (Å²) in [6.45, 7) is 0. The fraction of sp³-hybridized carbons (Fsp3) is 0.143. The third kappa shape index (κ3) is 0.832. The first-order valence-corrected chi connectivity index (χ1v) is 3.38. The van der Waals surface area contributed by atoms with Gasteiger partial charge >= 0.3 is 0 Å². The van der Waals surface area contributed by atoms with Crippen LogP contribution in [-0.2, 0) is 0 Å². The van der Waals surface area contributed by atoms with Crippen molar-refractivity contribution in [3.05, 3.63) is 18.5 Å². The molecule has 0 saturated carbocycles. The van der Waals surface area contributed by atoms with E-state index in [1.165, 1.54) is 0 Å². The van der Waals surface area contributed by atoms with Gasteiger partial charge in [0, 0.05) is 18.6 Å². The summed E-state index contributed by atoms with van der Waals surface area (Å²) < 4.78 is 0. The van der Waals surface area contributed by atoms with E-state index in [1.54, 1.807) is 6.20 Å². The van der Waals surface area contributed by atoms with Crippen LogP contribution in [0.5, 0.6) is 0 Å². The van der Waals surface area contributed by atoms with Crippen molar-refractivity contribution < 1.29 is 0 Å². The van der Waals surface area contributed by atoms with Crippen molar-refractivity contribution in [1.29, 1.82) is 0 Å². The number of hydrogen-bond donors (Lipinski definition) is 2. The van der Waals surface area contributed by atoms with Crippen molar-refractivity contribution >= 4 is 16.7 Å². The van der Waals surface area contributed by atoms with Gasteiger partial charge in [-0.25, -0.2) is 0 Å². The molecule has 0 aliphatic carbocycles. The minimum atomic E-state index is 0.817. The van der Waals surface area contributed by atoms with E-state index in [4.69, 9.17) is 0 Å². The maximum atomic E-state index is 3.90. The van der Waals surface area contributed by atoms with Gasteiger partial charge in [0.2, 0.25) is 0 Å². The first-order valence-electron chi connectivity index (χ1n) is 3.38. The number of nitrogens with zero attached hydrogens (tertiary/aromatic N) is 2. The molecule has 2 heterocycles. The molecular weight excluding hydrogens is 140 g/mol. The molecule has 2 rings (SSSR count). The Kier molecular flexibility index (Phi) is 1.25. The van der Waals surface area contributed by atoms with Crippen LogP contribution in [0.2, 0.25) is 0 Å². The van der Waals surface area contributed by atoms with Gasteiger partial charge in [0.05, 0.1) is 11.9 Å². The van der Waals surface area contributed by atoms with E-state index in [2.05, 4.69) is 20.5 Å². The largest absolute Gasteiger partial charge is 0.386 e. The molecular formula is C7H8N4. The number of hydrogen-bond acceptors (Lipinski definition) is 3. The molecule has 0 aromatic carbocycles. The Bertz CT molecular complexity index is 365. The number of nitrogens with one attached hydrogen (secondary N) is 2. The number of anilines is 1. The van der Waals surface area contributed by atoms with E-state index >= 15 is 0 Å². The summed E-state index contributed by atoms with van der Waals surface area (Å²) in [6, 6.07) is 1.97. The summed E-state index contributed by atoms with van der Waals surface area (Å²) in [4.78, 5) is 2.98. The molecule has 0 fully saturated rings. The van der Waals surface area contributed by atoms with Crippen molar-refractivity contribution in [3.8, 4) is 0 Å². The maximum Gasteiger partial charge on any atom is 0.162 e. The highest BCUT2D eigenvalue weighted by Crippen LogP contribution is 2.17. The summed E-state index contributed by atoms with van der Waals surface area (Å²) in [5.41, 5.74) is 1.81. The van der Waals surface area contributed by atoms with E-state index < -0.39 is 0 Å². The molecule has 0 spiro atoms. The Morgan fingerprint density at radius 2 is 2.45 bits per heavy atom. The second-order valence-electron chi connectivity index (χ2n) is 2.25. The molecule has 4 nitrogen and oxygen atoms in total. The lowest BCUT2D eigenvalue weighted by Crippen LogP contribution is -1.91. The monoisotopic (exact) mass is 148 g/mol. The van der Waals surface area contributed by atoms with Crippen LogP contribution in [0.1, 0.15) is 0 Å².